The molecule has 0 aliphatic carbocycles. The van der Waals surface area contributed by atoms with E-state index in [2.05, 4.69) is 42.1 Å². The summed E-state index contributed by atoms with van der Waals surface area (Å²) in [6.45, 7) is 4.86. The van der Waals surface area contributed by atoms with Crippen LogP contribution in [0.25, 0.3) is 11.3 Å². The third-order valence-electron chi connectivity index (χ3n) is 14.3. The van der Waals surface area contributed by atoms with Gasteiger partial charge >= 0.3 is 24.5 Å². The van der Waals surface area contributed by atoms with Gasteiger partial charge in [0.2, 0.25) is 5.91 Å². The number of hydrogen-bond donors (Lipinski definition) is 6. The lowest BCUT2D eigenvalue weighted by Crippen LogP contribution is -2.63. The summed E-state index contributed by atoms with van der Waals surface area (Å²) in [6.07, 6.45) is -10.1. The van der Waals surface area contributed by atoms with Gasteiger partial charge in [-0.3, -0.25) is 24.9 Å². The molecule has 2 aromatic heterocycles. The van der Waals surface area contributed by atoms with Crippen LogP contribution in [0.15, 0.2) is 91.3 Å². The number of aliphatic hydroxyl groups excluding tert-OH is 1. The fourth-order valence-electron chi connectivity index (χ4n) is 9.47. The van der Waals surface area contributed by atoms with Crippen molar-refractivity contribution in [3.05, 3.63) is 114 Å². The number of carbonyl (C=O) groups excluding carboxylic acids is 3. The number of pyridine rings is 2. The molecule has 3 aliphatic rings. The van der Waals surface area contributed by atoms with Gasteiger partial charge < -0.3 is 40.5 Å². The van der Waals surface area contributed by atoms with Crippen molar-refractivity contribution in [2.75, 3.05) is 44.9 Å². The Bertz CT molecular complexity index is 2700. The van der Waals surface area contributed by atoms with Gasteiger partial charge in [0.25, 0.3) is 5.91 Å². The number of amides is 4. The molecule has 3 saturated heterocycles. The third kappa shape index (κ3) is 13.5. The van der Waals surface area contributed by atoms with Crippen LogP contribution in [-0.2, 0) is 32.0 Å². The molecule has 6 atom stereocenters. The molecular weight excluding hydrogens is 1000 g/mol. The van der Waals surface area contributed by atoms with Crippen LogP contribution >= 0.6 is 0 Å². The first-order valence-electron chi connectivity index (χ1n) is 24.5. The fraction of sp³-hybridized carbons (Fsp3) is 0.472. The Hall–Kier alpha value is -7.00. The van der Waals surface area contributed by atoms with Crippen LogP contribution in [0.4, 0.5) is 41.7 Å². The molecule has 17 nitrogen and oxygen atoms in total. The minimum atomic E-state index is -5.11. The van der Waals surface area contributed by atoms with Crippen molar-refractivity contribution in [2.24, 2.45) is 10.8 Å². The first-order chi connectivity index (χ1) is 35.8. The van der Waals surface area contributed by atoms with E-state index < -0.39 is 78.0 Å². The topological polar surface area (TPSA) is 211 Å². The van der Waals surface area contributed by atoms with Gasteiger partial charge in [-0.2, -0.15) is 26.3 Å². The first kappa shape index (κ1) is 56.7. The van der Waals surface area contributed by atoms with Gasteiger partial charge in [0, 0.05) is 67.3 Å². The van der Waals surface area contributed by atoms with E-state index >= 15 is 0 Å². The van der Waals surface area contributed by atoms with E-state index in [0.29, 0.717) is 79.3 Å². The molecule has 0 saturated carbocycles. The molecule has 6 N–H and O–H groups in total. The Labute approximate surface area is 435 Å². The zero-order valence-electron chi connectivity index (χ0n) is 42.4. The molecule has 2 unspecified atom stereocenters. The predicted molar refractivity (Wildman–Crippen MR) is 266 cm³/mol. The number of ether oxygens (including phenoxy) is 2. The number of piperazine rings is 1. The number of halogens is 6. The number of rotatable bonds is 18. The lowest BCUT2D eigenvalue weighted by atomic mass is 9.82. The Morgan fingerprint density at radius 3 is 1.88 bits per heavy atom. The zero-order chi connectivity index (χ0) is 55.2. The van der Waals surface area contributed by atoms with Crippen molar-refractivity contribution in [2.45, 2.75) is 108 Å². The molecule has 2 bridgehead atoms. The number of alkyl carbamates (subject to hydrolysis) is 1. The number of carbonyl (C=O) groups is 4. The molecule has 4 amide bonds. The molecule has 4 aromatic rings. The smallest absolute Gasteiger partial charge is 0.407 e. The van der Waals surface area contributed by atoms with Crippen LogP contribution in [0.1, 0.15) is 62.8 Å². The van der Waals surface area contributed by atoms with Crippen molar-refractivity contribution in [3.63, 3.8) is 0 Å². The quantitative estimate of drug-likeness (QED) is 0.0381. The number of aromatic nitrogens is 2. The highest BCUT2D eigenvalue weighted by atomic mass is 19.4. The average molecular weight is 1070 g/mol. The number of hydrogen-bond acceptors (Lipinski definition) is 12. The van der Waals surface area contributed by atoms with Gasteiger partial charge in [0.05, 0.1) is 55.0 Å². The highest BCUT2D eigenvalue weighted by Crippen LogP contribution is 2.42. The molecular formula is C53H61F6N9O8. The van der Waals surface area contributed by atoms with Gasteiger partial charge in [0.1, 0.15) is 17.9 Å². The lowest BCUT2D eigenvalue weighted by molar-refractivity contribution is -0.221. The monoisotopic (exact) mass is 1070 g/mol. The van der Waals surface area contributed by atoms with Crippen LogP contribution in [0.3, 0.4) is 0 Å². The second kappa shape index (κ2) is 23.5. The Morgan fingerprint density at radius 2 is 1.36 bits per heavy atom. The van der Waals surface area contributed by atoms with E-state index in [9.17, 15) is 55.7 Å². The van der Waals surface area contributed by atoms with Gasteiger partial charge in [-0.05, 0) is 94.5 Å². The van der Waals surface area contributed by atoms with Crippen molar-refractivity contribution >= 4 is 29.8 Å². The number of fused-ring (bicyclic) bond motifs is 2. The number of hydrazine groups is 1. The van der Waals surface area contributed by atoms with Gasteiger partial charge in [-0.1, -0.05) is 54.3 Å². The molecule has 5 heterocycles. The van der Waals surface area contributed by atoms with Crippen LogP contribution in [0, 0.1) is 22.7 Å². The molecule has 0 spiro atoms. The lowest BCUT2D eigenvalue weighted by Gasteiger charge is -2.47. The second-order valence-electron chi connectivity index (χ2n) is 20.3. The summed E-state index contributed by atoms with van der Waals surface area (Å²) in [5, 5.41) is 28.6. The Kier molecular flexibility index (Phi) is 17.5. The number of carboxylic acid groups (broad SMARTS) is 1. The van der Waals surface area contributed by atoms with Gasteiger partial charge in [-0.15, -0.1) is 0 Å². The summed E-state index contributed by atoms with van der Waals surface area (Å²) in [5.41, 5.74) is -0.281. The number of methoxy groups -OCH3 is 1. The highest BCUT2D eigenvalue weighted by Gasteiger charge is 2.57. The molecule has 7 rings (SSSR count). The maximum atomic E-state index is 14.5. The van der Waals surface area contributed by atoms with Crippen molar-refractivity contribution in [1.82, 2.24) is 41.3 Å². The fourth-order valence-corrected chi connectivity index (χ4v) is 9.47. The normalized spacial score (nSPS) is 18.8. The number of benzene rings is 2. The molecule has 3 aliphatic heterocycles. The summed E-state index contributed by atoms with van der Waals surface area (Å²) in [5.74, 6) is 4.17. The number of nitrogens with one attached hydrogen (secondary N) is 4. The third-order valence-corrected chi connectivity index (χ3v) is 14.3. The zero-order valence-corrected chi connectivity index (χ0v) is 42.4. The first-order valence-corrected chi connectivity index (χ1v) is 24.5. The summed E-state index contributed by atoms with van der Waals surface area (Å²) >= 11 is 0. The van der Waals surface area contributed by atoms with Crippen LogP contribution < -0.4 is 26.3 Å². The molecule has 408 valence electrons. The highest BCUT2D eigenvalue weighted by molar-refractivity contribution is 5.87. The number of nitrogens with zero attached hydrogens (tertiary/aromatic N) is 5. The number of aliphatic hydroxyl groups is 1. The van der Waals surface area contributed by atoms with E-state index in [-0.39, 0.29) is 13.0 Å². The average Bonchev–Trinajstić information content (AvgIpc) is 3.58. The van der Waals surface area contributed by atoms with E-state index in [4.69, 9.17) is 9.72 Å². The van der Waals surface area contributed by atoms with Crippen molar-refractivity contribution in [3.8, 4) is 23.1 Å². The van der Waals surface area contributed by atoms with E-state index in [0.717, 1.165) is 57.1 Å². The molecule has 2 aromatic carbocycles. The SMILES string of the molecule is COC(=O)N[C@H](C(=O)N[C@@H](Cc1ccc(C#Cc2ccc(N3CC4CCC(C3)N4C3COC3)nc2)cc1)[C@@H](O)CN(Cc1ccc(-c2ccccn2)cc1)NC(=O)[C@@H](NC(=O)O)C(C)(C)C(F)(F)F)C(C)(C)C(F)(F)F. The molecule has 3 fully saturated rings. The standard InChI is InChI=1S/C53H61F6N9O8/c1-50(2,52(54,55)56)44(64-49(74)75-5)46(70)62-41(24-33-12-9-32(10-13-33)11-14-34-17-22-43(61-25-34)66-27-37-20-21-38(28-66)68(37)39-30-76-31-39)42(69)29-67(26-35-15-18-36(19-16-35)40-8-6-7-23-60-40)65-47(71)45(63-48(72)73)51(3,4)53(57,58)59/h6-10,12-13,15-19,22-23,25,37-39,41-42,44-45,63,69H,20-21,24,26-31H2,1-5H3,(H,62,70)(H,64,74)(H,65,71)(H,72,73)/t37?,38?,41-,42-,44+,45+/m0/s1. The largest absolute Gasteiger partial charge is 0.465 e. The van der Waals surface area contributed by atoms with Crippen LogP contribution in [0.5, 0.6) is 0 Å². The predicted octanol–water partition coefficient (Wildman–Crippen LogP) is 6.05. The maximum absolute atomic E-state index is 14.5. The molecule has 23 heteroatoms. The summed E-state index contributed by atoms with van der Waals surface area (Å²) in [6, 6.07) is 17.2. The minimum Gasteiger partial charge on any atom is -0.465 e. The van der Waals surface area contributed by atoms with Crippen LogP contribution in [-0.4, -0.2) is 149 Å². The van der Waals surface area contributed by atoms with Crippen molar-refractivity contribution < 1.29 is 65.2 Å². The van der Waals surface area contributed by atoms with E-state index in [1.54, 1.807) is 84.4 Å². The molecule has 0 radical (unpaired) electrons. The van der Waals surface area contributed by atoms with Gasteiger partial charge in [-0.25, -0.2) is 19.6 Å². The summed E-state index contributed by atoms with van der Waals surface area (Å²) < 4.78 is 96.7. The Morgan fingerprint density at radius 1 is 0.763 bits per heavy atom. The van der Waals surface area contributed by atoms with Crippen molar-refractivity contribution in [1.29, 1.82) is 0 Å². The van der Waals surface area contributed by atoms with Crippen LogP contribution in [0.2, 0.25) is 0 Å². The molecule has 76 heavy (non-hydrogen) atoms. The summed E-state index contributed by atoms with van der Waals surface area (Å²) in [7, 11) is 0.887. The van der Waals surface area contributed by atoms with E-state index in [1.165, 1.54) is 0 Å². The van der Waals surface area contributed by atoms with E-state index in [1.807, 2.05) is 17.4 Å². The van der Waals surface area contributed by atoms with Gasteiger partial charge in [0.15, 0.2) is 0 Å². The minimum absolute atomic E-state index is 0.293. The number of alkyl halides is 6. The second-order valence-corrected chi connectivity index (χ2v) is 20.3. The Balaban J connectivity index is 1.14. The number of anilines is 1. The maximum Gasteiger partial charge on any atom is 0.407 e. The summed E-state index contributed by atoms with van der Waals surface area (Å²) in [4.78, 5) is 66.0.